The highest BCUT2D eigenvalue weighted by Crippen LogP contribution is 2.21. The number of nitrogens with one attached hydrogen (secondary N) is 2. The molecule has 2 amide bonds. The van der Waals surface area contributed by atoms with Crippen molar-refractivity contribution in [1.29, 1.82) is 0 Å². The lowest BCUT2D eigenvalue weighted by molar-refractivity contribution is -0.118. The first-order valence-electron chi connectivity index (χ1n) is 7.70. The van der Waals surface area contributed by atoms with E-state index in [0.717, 1.165) is 12.8 Å². The second-order valence-corrected chi connectivity index (χ2v) is 6.00. The quantitative estimate of drug-likeness (QED) is 0.845. The first-order valence-corrected chi connectivity index (χ1v) is 8.08. The Morgan fingerprint density at radius 1 is 1.12 bits per heavy atom. The van der Waals surface area contributed by atoms with Crippen molar-refractivity contribution in [3.63, 3.8) is 0 Å². The Hall–Kier alpha value is -2.53. The van der Waals surface area contributed by atoms with Crippen LogP contribution >= 0.6 is 11.6 Å². The fraction of sp³-hybridized carbons (Fsp3) is 0.222. The van der Waals surface area contributed by atoms with Gasteiger partial charge in [0.1, 0.15) is 5.75 Å². The zero-order chi connectivity index (χ0) is 16.9. The van der Waals surface area contributed by atoms with Crippen LogP contribution in [0.4, 0.5) is 5.69 Å². The Labute approximate surface area is 145 Å². The zero-order valence-electron chi connectivity index (χ0n) is 12.9. The third-order valence-corrected chi connectivity index (χ3v) is 3.86. The summed E-state index contributed by atoms with van der Waals surface area (Å²) >= 11 is 5.99. The summed E-state index contributed by atoms with van der Waals surface area (Å²) in [5, 5.41) is 6.05. The molecular weight excluding hydrogens is 328 g/mol. The molecule has 0 aromatic heterocycles. The molecule has 24 heavy (non-hydrogen) atoms. The van der Waals surface area contributed by atoms with Crippen LogP contribution in [0.15, 0.2) is 48.5 Å². The molecular formula is C18H17ClN2O3. The van der Waals surface area contributed by atoms with Gasteiger partial charge in [-0.25, -0.2) is 0 Å². The molecule has 3 rings (SSSR count). The summed E-state index contributed by atoms with van der Waals surface area (Å²) < 4.78 is 5.46. The third kappa shape index (κ3) is 4.49. The summed E-state index contributed by atoms with van der Waals surface area (Å²) in [6.45, 7) is -0.168. The number of halogens is 1. The van der Waals surface area contributed by atoms with Crippen LogP contribution < -0.4 is 15.4 Å². The predicted octanol–water partition coefficient (Wildman–Crippen LogP) is 3.25. The summed E-state index contributed by atoms with van der Waals surface area (Å²) in [4.78, 5) is 23.9. The number of anilines is 1. The van der Waals surface area contributed by atoms with E-state index in [1.807, 2.05) is 0 Å². The molecule has 124 valence electrons. The van der Waals surface area contributed by atoms with E-state index in [2.05, 4.69) is 10.6 Å². The van der Waals surface area contributed by atoms with Gasteiger partial charge < -0.3 is 15.4 Å². The Bertz CT molecular complexity index is 759. The van der Waals surface area contributed by atoms with Crippen LogP contribution in [0, 0.1) is 0 Å². The van der Waals surface area contributed by atoms with Gasteiger partial charge in [-0.1, -0.05) is 29.8 Å². The summed E-state index contributed by atoms with van der Waals surface area (Å²) in [7, 11) is 0. The van der Waals surface area contributed by atoms with Gasteiger partial charge in [-0.15, -0.1) is 0 Å². The Morgan fingerprint density at radius 2 is 1.92 bits per heavy atom. The van der Waals surface area contributed by atoms with Crippen LogP contribution in [-0.2, 0) is 4.79 Å². The number of ether oxygens (including phenoxy) is 1. The van der Waals surface area contributed by atoms with Crippen LogP contribution in [0.3, 0.4) is 0 Å². The molecule has 1 saturated carbocycles. The molecule has 0 atom stereocenters. The Kier molecular flexibility index (Phi) is 5.01. The molecule has 2 aromatic rings. The molecule has 1 aliphatic carbocycles. The third-order valence-electron chi connectivity index (χ3n) is 3.53. The van der Waals surface area contributed by atoms with Gasteiger partial charge in [0.15, 0.2) is 6.61 Å². The minimum absolute atomic E-state index is 0.122. The van der Waals surface area contributed by atoms with E-state index in [4.69, 9.17) is 16.3 Å². The first kappa shape index (κ1) is 16.3. The standard InChI is InChI=1S/C18H17ClN2O3/c19-15-6-1-2-7-16(15)21-17(22)11-24-14-5-3-4-12(10-14)18(23)20-13-8-9-13/h1-7,10,13H,8-9,11H2,(H,20,23)(H,21,22). The number of carbonyl (C=O) groups is 2. The maximum Gasteiger partial charge on any atom is 0.262 e. The molecule has 5 nitrogen and oxygen atoms in total. The van der Waals surface area contributed by atoms with Gasteiger partial charge in [0.2, 0.25) is 0 Å². The van der Waals surface area contributed by atoms with Crippen LogP contribution in [0.1, 0.15) is 23.2 Å². The average molecular weight is 345 g/mol. The van der Waals surface area contributed by atoms with Gasteiger partial charge >= 0.3 is 0 Å². The monoisotopic (exact) mass is 344 g/mol. The van der Waals surface area contributed by atoms with Crippen molar-refractivity contribution in [3.8, 4) is 5.75 Å². The Balaban J connectivity index is 1.55. The van der Waals surface area contributed by atoms with E-state index in [-0.39, 0.29) is 18.4 Å². The lowest BCUT2D eigenvalue weighted by Gasteiger charge is -2.10. The smallest absolute Gasteiger partial charge is 0.262 e. The predicted molar refractivity (Wildman–Crippen MR) is 92.5 cm³/mol. The molecule has 0 saturated heterocycles. The van der Waals surface area contributed by atoms with E-state index in [0.29, 0.717) is 28.1 Å². The minimum Gasteiger partial charge on any atom is -0.484 e. The van der Waals surface area contributed by atoms with Gasteiger partial charge in [0.05, 0.1) is 10.7 Å². The zero-order valence-corrected chi connectivity index (χ0v) is 13.7. The van der Waals surface area contributed by atoms with Crippen molar-refractivity contribution in [3.05, 3.63) is 59.1 Å². The molecule has 2 aromatic carbocycles. The normalized spacial score (nSPS) is 13.2. The van der Waals surface area contributed by atoms with Gasteiger partial charge in [-0.05, 0) is 43.2 Å². The van der Waals surface area contributed by atoms with Crippen LogP contribution in [-0.4, -0.2) is 24.5 Å². The van der Waals surface area contributed by atoms with Crippen molar-refractivity contribution in [2.75, 3.05) is 11.9 Å². The molecule has 2 N–H and O–H groups in total. The summed E-state index contributed by atoms with van der Waals surface area (Å²) in [5.41, 5.74) is 1.05. The van der Waals surface area contributed by atoms with E-state index < -0.39 is 0 Å². The van der Waals surface area contributed by atoms with E-state index in [1.54, 1.807) is 48.5 Å². The van der Waals surface area contributed by atoms with Crippen molar-refractivity contribution in [1.82, 2.24) is 5.32 Å². The lowest BCUT2D eigenvalue weighted by atomic mass is 10.2. The summed E-state index contributed by atoms with van der Waals surface area (Å²) in [5.74, 6) is 0.0205. The highest BCUT2D eigenvalue weighted by molar-refractivity contribution is 6.33. The number of hydrogen-bond donors (Lipinski definition) is 2. The second-order valence-electron chi connectivity index (χ2n) is 5.59. The molecule has 0 heterocycles. The van der Waals surface area contributed by atoms with Crippen molar-refractivity contribution in [2.45, 2.75) is 18.9 Å². The molecule has 1 aliphatic rings. The van der Waals surface area contributed by atoms with Crippen molar-refractivity contribution < 1.29 is 14.3 Å². The average Bonchev–Trinajstić information content (AvgIpc) is 3.39. The highest BCUT2D eigenvalue weighted by atomic mass is 35.5. The molecule has 6 heteroatoms. The topological polar surface area (TPSA) is 67.4 Å². The largest absolute Gasteiger partial charge is 0.484 e. The minimum atomic E-state index is -0.323. The molecule has 0 aliphatic heterocycles. The number of amides is 2. The van der Waals surface area contributed by atoms with Gasteiger partial charge in [0.25, 0.3) is 11.8 Å². The number of benzene rings is 2. The maximum atomic E-state index is 12.0. The van der Waals surface area contributed by atoms with Gasteiger partial charge in [-0.3, -0.25) is 9.59 Å². The molecule has 0 unspecified atom stereocenters. The first-order chi connectivity index (χ1) is 11.6. The lowest BCUT2D eigenvalue weighted by Crippen LogP contribution is -2.25. The van der Waals surface area contributed by atoms with E-state index in [1.165, 1.54) is 0 Å². The number of para-hydroxylation sites is 1. The molecule has 0 bridgehead atoms. The maximum absolute atomic E-state index is 12.0. The molecule has 0 radical (unpaired) electrons. The van der Waals surface area contributed by atoms with Crippen molar-refractivity contribution >= 4 is 29.1 Å². The van der Waals surface area contributed by atoms with Crippen LogP contribution in [0.5, 0.6) is 5.75 Å². The number of hydrogen-bond acceptors (Lipinski definition) is 3. The summed E-state index contributed by atoms with van der Waals surface area (Å²) in [6, 6.07) is 14.0. The number of carbonyl (C=O) groups excluding carboxylic acids is 2. The molecule has 0 spiro atoms. The highest BCUT2D eigenvalue weighted by Gasteiger charge is 2.23. The van der Waals surface area contributed by atoms with E-state index in [9.17, 15) is 9.59 Å². The van der Waals surface area contributed by atoms with E-state index >= 15 is 0 Å². The summed E-state index contributed by atoms with van der Waals surface area (Å²) in [6.07, 6.45) is 2.06. The second kappa shape index (κ2) is 7.36. The number of rotatable bonds is 6. The SMILES string of the molecule is O=C(COc1cccc(C(=O)NC2CC2)c1)Nc1ccccc1Cl. The fourth-order valence-electron chi connectivity index (χ4n) is 2.12. The molecule has 1 fully saturated rings. The van der Waals surface area contributed by atoms with Crippen LogP contribution in [0.2, 0.25) is 5.02 Å². The fourth-order valence-corrected chi connectivity index (χ4v) is 2.30. The Morgan fingerprint density at radius 3 is 2.67 bits per heavy atom. The van der Waals surface area contributed by atoms with Gasteiger partial charge in [-0.2, -0.15) is 0 Å². The van der Waals surface area contributed by atoms with Crippen molar-refractivity contribution in [2.24, 2.45) is 0 Å². The van der Waals surface area contributed by atoms with Gasteiger partial charge in [0, 0.05) is 11.6 Å². The van der Waals surface area contributed by atoms with Crippen LogP contribution in [0.25, 0.3) is 0 Å².